The Kier molecular flexibility index (Phi) is 4.92. The van der Waals surface area contributed by atoms with Crippen molar-refractivity contribution in [3.8, 4) is 0 Å². The van der Waals surface area contributed by atoms with Gasteiger partial charge in [-0.15, -0.1) is 0 Å². The molecule has 1 aliphatic rings. The standard InChI is InChI=1S/C19H22N2O3/c1-15-3-2-4-16(11-15)12-19(14-22)13-21(9-10-24-19)18(23)17-5-7-20-8-6-17/h2-8,11,22H,9-10,12-14H2,1H3/t19-/m1/s1. The minimum atomic E-state index is -0.755. The lowest BCUT2D eigenvalue weighted by Gasteiger charge is -2.42. The van der Waals surface area contributed by atoms with Gasteiger partial charge in [0.05, 0.1) is 19.8 Å². The Morgan fingerprint density at radius 3 is 2.83 bits per heavy atom. The van der Waals surface area contributed by atoms with Gasteiger partial charge in [0.25, 0.3) is 5.91 Å². The van der Waals surface area contributed by atoms with E-state index in [0.717, 1.165) is 5.56 Å². The molecule has 1 saturated heterocycles. The van der Waals surface area contributed by atoms with Gasteiger partial charge < -0.3 is 14.7 Å². The van der Waals surface area contributed by atoms with Crippen LogP contribution < -0.4 is 0 Å². The molecule has 1 aromatic heterocycles. The maximum atomic E-state index is 12.7. The van der Waals surface area contributed by atoms with E-state index in [0.29, 0.717) is 31.7 Å². The molecule has 126 valence electrons. The smallest absolute Gasteiger partial charge is 0.254 e. The lowest BCUT2D eigenvalue weighted by Crippen LogP contribution is -2.56. The number of benzene rings is 1. The van der Waals surface area contributed by atoms with Crippen LogP contribution in [-0.4, -0.2) is 52.8 Å². The number of hydrogen-bond donors (Lipinski definition) is 1. The SMILES string of the molecule is Cc1cccc(C[C@]2(CO)CN(C(=O)c3ccncc3)CCO2)c1. The van der Waals surface area contributed by atoms with Crippen LogP contribution in [-0.2, 0) is 11.2 Å². The van der Waals surface area contributed by atoms with Gasteiger partial charge in [-0.05, 0) is 24.6 Å². The first-order valence-electron chi connectivity index (χ1n) is 8.12. The first-order chi connectivity index (χ1) is 11.6. The molecule has 0 spiro atoms. The van der Waals surface area contributed by atoms with Crippen molar-refractivity contribution in [1.29, 1.82) is 0 Å². The zero-order valence-electron chi connectivity index (χ0n) is 13.8. The molecule has 1 atom stereocenters. The molecule has 3 rings (SSSR count). The van der Waals surface area contributed by atoms with Crippen LogP contribution in [0.4, 0.5) is 0 Å². The van der Waals surface area contributed by atoms with Gasteiger partial charge in [-0.25, -0.2) is 0 Å². The van der Waals surface area contributed by atoms with Crippen LogP contribution in [0.25, 0.3) is 0 Å². The van der Waals surface area contributed by atoms with Crippen molar-refractivity contribution in [3.05, 3.63) is 65.5 Å². The van der Waals surface area contributed by atoms with Crippen LogP contribution in [0.15, 0.2) is 48.8 Å². The van der Waals surface area contributed by atoms with Crippen molar-refractivity contribution in [2.45, 2.75) is 18.9 Å². The molecule has 1 fully saturated rings. The second-order valence-electron chi connectivity index (χ2n) is 6.32. The number of aliphatic hydroxyl groups is 1. The zero-order valence-corrected chi connectivity index (χ0v) is 13.8. The average Bonchev–Trinajstić information content (AvgIpc) is 2.62. The van der Waals surface area contributed by atoms with Crippen LogP contribution in [0.5, 0.6) is 0 Å². The normalized spacial score (nSPS) is 20.8. The van der Waals surface area contributed by atoms with Crippen LogP contribution in [0.2, 0.25) is 0 Å². The largest absolute Gasteiger partial charge is 0.393 e. The van der Waals surface area contributed by atoms with Crippen LogP contribution >= 0.6 is 0 Å². The van der Waals surface area contributed by atoms with Gasteiger partial charge in [0.2, 0.25) is 0 Å². The molecular weight excluding hydrogens is 304 g/mol. The molecule has 5 nitrogen and oxygen atoms in total. The number of carbonyl (C=O) groups excluding carboxylic acids is 1. The number of rotatable bonds is 4. The fourth-order valence-electron chi connectivity index (χ4n) is 3.15. The van der Waals surface area contributed by atoms with Crippen molar-refractivity contribution in [2.75, 3.05) is 26.3 Å². The van der Waals surface area contributed by atoms with Gasteiger partial charge >= 0.3 is 0 Å². The predicted molar refractivity (Wildman–Crippen MR) is 90.8 cm³/mol. The minimum absolute atomic E-state index is 0.0530. The number of aryl methyl sites for hydroxylation is 1. The van der Waals surface area contributed by atoms with E-state index in [9.17, 15) is 9.90 Å². The molecule has 1 aromatic carbocycles. The number of nitrogens with zero attached hydrogens (tertiary/aromatic N) is 2. The summed E-state index contributed by atoms with van der Waals surface area (Å²) < 4.78 is 5.92. The predicted octanol–water partition coefficient (Wildman–Crippen LogP) is 1.84. The Labute approximate surface area is 141 Å². The molecular formula is C19H22N2O3. The monoisotopic (exact) mass is 326 g/mol. The van der Waals surface area contributed by atoms with Gasteiger partial charge in [-0.3, -0.25) is 9.78 Å². The van der Waals surface area contributed by atoms with Crippen LogP contribution in [0.3, 0.4) is 0 Å². The topological polar surface area (TPSA) is 62.7 Å². The third-order valence-corrected chi connectivity index (χ3v) is 4.36. The molecule has 2 aromatic rings. The summed E-state index contributed by atoms with van der Waals surface area (Å²) in [6.45, 7) is 3.23. The van der Waals surface area contributed by atoms with E-state index in [1.807, 2.05) is 25.1 Å². The van der Waals surface area contributed by atoms with E-state index in [1.54, 1.807) is 29.4 Å². The molecule has 0 unspecified atom stereocenters. The molecule has 0 saturated carbocycles. The van der Waals surface area contributed by atoms with E-state index in [-0.39, 0.29) is 12.5 Å². The Bertz CT molecular complexity index is 705. The number of aliphatic hydroxyl groups excluding tert-OH is 1. The van der Waals surface area contributed by atoms with E-state index in [4.69, 9.17) is 4.74 Å². The fourth-order valence-corrected chi connectivity index (χ4v) is 3.15. The molecule has 0 radical (unpaired) electrons. The zero-order chi connectivity index (χ0) is 17.0. The van der Waals surface area contributed by atoms with Gasteiger partial charge in [-0.1, -0.05) is 29.8 Å². The maximum absolute atomic E-state index is 12.7. The molecule has 0 bridgehead atoms. The third kappa shape index (κ3) is 3.63. The summed E-state index contributed by atoms with van der Waals surface area (Å²) in [5, 5.41) is 9.97. The highest BCUT2D eigenvalue weighted by Gasteiger charge is 2.38. The van der Waals surface area contributed by atoms with Gasteiger partial charge in [0.15, 0.2) is 0 Å². The summed E-state index contributed by atoms with van der Waals surface area (Å²) in [5.41, 5.74) is 2.12. The molecule has 24 heavy (non-hydrogen) atoms. The fraction of sp³-hybridized carbons (Fsp3) is 0.368. The molecule has 1 N–H and O–H groups in total. The number of carbonyl (C=O) groups is 1. The van der Waals surface area contributed by atoms with E-state index in [2.05, 4.69) is 11.1 Å². The summed E-state index contributed by atoms with van der Waals surface area (Å²) in [6.07, 6.45) is 3.80. The van der Waals surface area contributed by atoms with E-state index in [1.165, 1.54) is 5.56 Å². The molecule has 1 amide bonds. The van der Waals surface area contributed by atoms with Crippen molar-refractivity contribution < 1.29 is 14.6 Å². The molecule has 5 heteroatoms. The number of morpholine rings is 1. The summed E-state index contributed by atoms with van der Waals surface area (Å²) >= 11 is 0. The lowest BCUT2D eigenvalue weighted by molar-refractivity contribution is -0.123. The second kappa shape index (κ2) is 7.11. The lowest BCUT2D eigenvalue weighted by atomic mass is 9.92. The molecule has 1 aliphatic heterocycles. The molecule has 2 heterocycles. The Morgan fingerprint density at radius 1 is 1.33 bits per heavy atom. The van der Waals surface area contributed by atoms with Gasteiger partial charge in [-0.2, -0.15) is 0 Å². The maximum Gasteiger partial charge on any atom is 0.254 e. The Morgan fingerprint density at radius 2 is 2.12 bits per heavy atom. The van der Waals surface area contributed by atoms with Crippen molar-refractivity contribution in [3.63, 3.8) is 0 Å². The quantitative estimate of drug-likeness (QED) is 0.931. The van der Waals surface area contributed by atoms with E-state index < -0.39 is 5.60 Å². The highest BCUT2D eigenvalue weighted by Crippen LogP contribution is 2.24. The number of hydrogen-bond acceptors (Lipinski definition) is 4. The minimum Gasteiger partial charge on any atom is -0.393 e. The molecule has 0 aliphatic carbocycles. The Balaban J connectivity index is 1.78. The summed E-state index contributed by atoms with van der Waals surface area (Å²) in [6, 6.07) is 11.6. The number of amides is 1. The van der Waals surface area contributed by atoms with Crippen LogP contribution in [0, 0.1) is 6.92 Å². The van der Waals surface area contributed by atoms with Crippen molar-refractivity contribution in [2.24, 2.45) is 0 Å². The highest BCUT2D eigenvalue weighted by atomic mass is 16.5. The summed E-state index contributed by atoms with van der Waals surface area (Å²) in [4.78, 5) is 18.4. The average molecular weight is 326 g/mol. The second-order valence-corrected chi connectivity index (χ2v) is 6.32. The third-order valence-electron chi connectivity index (χ3n) is 4.36. The van der Waals surface area contributed by atoms with Crippen molar-refractivity contribution in [1.82, 2.24) is 9.88 Å². The summed E-state index contributed by atoms with van der Waals surface area (Å²) in [7, 11) is 0. The first-order valence-corrected chi connectivity index (χ1v) is 8.12. The van der Waals surface area contributed by atoms with Gasteiger partial charge in [0.1, 0.15) is 5.60 Å². The highest BCUT2D eigenvalue weighted by molar-refractivity contribution is 5.94. The van der Waals surface area contributed by atoms with E-state index >= 15 is 0 Å². The van der Waals surface area contributed by atoms with Crippen LogP contribution in [0.1, 0.15) is 21.5 Å². The number of pyridine rings is 1. The number of aromatic nitrogens is 1. The number of ether oxygens (including phenoxy) is 1. The summed E-state index contributed by atoms with van der Waals surface area (Å²) in [5.74, 6) is -0.0530. The Hall–Kier alpha value is -2.24. The first kappa shape index (κ1) is 16.6. The van der Waals surface area contributed by atoms with Gasteiger partial charge in [0, 0.05) is 30.9 Å². The van der Waals surface area contributed by atoms with Crippen molar-refractivity contribution >= 4 is 5.91 Å².